The Hall–Kier alpha value is -2.42. The molecule has 0 fully saturated rings. The summed E-state index contributed by atoms with van der Waals surface area (Å²) in [5.74, 6) is 0.801. The summed E-state index contributed by atoms with van der Waals surface area (Å²) in [4.78, 5) is 12.0. The Labute approximate surface area is 153 Å². The molecule has 0 atom stereocenters. The minimum absolute atomic E-state index is 0.157. The van der Waals surface area contributed by atoms with Crippen molar-refractivity contribution in [1.82, 2.24) is 5.32 Å². The van der Waals surface area contributed by atoms with Crippen molar-refractivity contribution in [3.05, 3.63) is 48.5 Å². The van der Waals surface area contributed by atoms with E-state index < -0.39 is 9.84 Å². The lowest BCUT2D eigenvalue weighted by atomic mass is 10.3. The van der Waals surface area contributed by atoms with Gasteiger partial charge in [-0.1, -0.05) is 6.07 Å². The van der Waals surface area contributed by atoms with Crippen molar-refractivity contribution in [3.63, 3.8) is 0 Å². The summed E-state index contributed by atoms with van der Waals surface area (Å²) in [5, 5.41) is 5.72. The summed E-state index contributed by atoms with van der Waals surface area (Å²) in [5.41, 5.74) is 0.640. The average Bonchev–Trinajstić information content (AvgIpc) is 2.60. The molecule has 2 aromatic carbocycles. The molecule has 0 heterocycles. The molecule has 7 nitrogen and oxygen atoms in total. The van der Waals surface area contributed by atoms with Crippen molar-refractivity contribution < 1.29 is 22.7 Å². The summed E-state index contributed by atoms with van der Waals surface area (Å²) >= 11 is 0. The van der Waals surface area contributed by atoms with Gasteiger partial charge < -0.3 is 20.1 Å². The number of carbonyl (C=O) groups excluding carboxylic acids is 1. The van der Waals surface area contributed by atoms with E-state index in [0.717, 1.165) is 6.26 Å². The molecule has 0 radical (unpaired) electrons. The zero-order chi connectivity index (χ0) is 19.0. The van der Waals surface area contributed by atoms with Gasteiger partial charge in [-0.2, -0.15) is 0 Å². The quantitative estimate of drug-likeness (QED) is 0.649. The first-order valence-electron chi connectivity index (χ1n) is 7.96. The molecule has 8 heteroatoms. The van der Waals surface area contributed by atoms with Crippen LogP contribution in [0.5, 0.6) is 11.5 Å². The van der Waals surface area contributed by atoms with E-state index >= 15 is 0 Å². The number of hydrogen-bond acceptors (Lipinski definition) is 6. The second kappa shape index (κ2) is 9.33. The molecule has 0 bridgehead atoms. The van der Waals surface area contributed by atoms with Crippen LogP contribution in [0, 0.1) is 0 Å². The van der Waals surface area contributed by atoms with E-state index in [9.17, 15) is 13.2 Å². The molecule has 0 aliphatic heterocycles. The second-order valence-corrected chi connectivity index (χ2v) is 7.61. The van der Waals surface area contributed by atoms with Crippen LogP contribution >= 0.6 is 0 Å². The van der Waals surface area contributed by atoms with Gasteiger partial charge in [-0.25, -0.2) is 8.42 Å². The van der Waals surface area contributed by atoms with Crippen molar-refractivity contribution >= 4 is 21.4 Å². The maximum atomic E-state index is 11.8. The molecule has 2 rings (SSSR count). The molecule has 0 aliphatic rings. The van der Waals surface area contributed by atoms with Gasteiger partial charge in [-0.15, -0.1) is 0 Å². The van der Waals surface area contributed by atoms with Gasteiger partial charge in [0, 0.05) is 25.6 Å². The van der Waals surface area contributed by atoms with E-state index in [1.54, 1.807) is 43.5 Å². The van der Waals surface area contributed by atoms with E-state index in [2.05, 4.69) is 10.6 Å². The zero-order valence-corrected chi connectivity index (χ0v) is 15.5. The molecule has 0 saturated heterocycles. The van der Waals surface area contributed by atoms with Crippen LogP contribution in [-0.4, -0.2) is 47.4 Å². The fourth-order valence-electron chi connectivity index (χ4n) is 2.09. The summed E-state index contributed by atoms with van der Waals surface area (Å²) in [6, 6.07) is 13.1. The van der Waals surface area contributed by atoms with Gasteiger partial charge in [0.1, 0.15) is 11.5 Å². The Morgan fingerprint density at radius 1 is 1.08 bits per heavy atom. The summed E-state index contributed by atoms with van der Waals surface area (Å²) in [7, 11) is -1.69. The predicted molar refractivity (Wildman–Crippen MR) is 99.4 cm³/mol. The SMILES string of the molecule is COCCNCC(=O)Nc1ccc(Oc2cccc(S(C)(=O)=O)c2)cc1. The van der Waals surface area contributed by atoms with Crippen molar-refractivity contribution in [1.29, 1.82) is 0 Å². The first kappa shape index (κ1) is 19.9. The number of methoxy groups -OCH3 is 1. The highest BCUT2D eigenvalue weighted by molar-refractivity contribution is 7.90. The predicted octanol–water partition coefficient (Wildman–Crippen LogP) is 2.06. The van der Waals surface area contributed by atoms with Gasteiger partial charge in [0.05, 0.1) is 18.0 Å². The summed E-state index contributed by atoms with van der Waals surface area (Å²) < 4.78 is 33.7. The topological polar surface area (TPSA) is 93.7 Å². The minimum atomic E-state index is -3.29. The van der Waals surface area contributed by atoms with Crippen molar-refractivity contribution in [2.75, 3.05) is 38.4 Å². The second-order valence-electron chi connectivity index (χ2n) is 5.59. The van der Waals surface area contributed by atoms with E-state index in [1.165, 1.54) is 12.1 Å². The maximum absolute atomic E-state index is 11.8. The largest absolute Gasteiger partial charge is 0.457 e. The number of rotatable bonds is 9. The first-order chi connectivity index (χ1) is 12.4. The van der Waals surface area contributed by atoms with E-state index in [-0.39, 0.29) is 17.3 Å². The maximum Gasteiger partial charge on any atom is 0.238 e. The monoisotopic (exact) mass is 378 g/mol. The summed E-state index contributed by atoms with van der Waals surface area (Å²) in [6.45, 7) is 1.34. The number of carbonyl (C=O) groups is 1. The molecule has 0 saturated carbocycles. The molecule has 2 N–H and O–H groups in total. The Morgan fingerprint density at radius 2 is 1.81 bits per heavy atom. The normalized spacial score (nSPS) is 11.2. The van der Waals surface area contributed by atoms with Gasteiger partial charge >= 0.3 is 0 Å². The Morgan fingerprint density at radius 3 is 2.46 bits per heavy atom. The standard InChI is InChI=1S/C18H22N2O5S/c1-24-11-10-19-13-18(21)20-14-6-8-15(9-7-14)25-16-4-3-5-17(12-16)26(2,22)23/h3-9,12,19H,10-11,13H2,1-2H3,(H,20,21). The van der Waals surface area contributed by atoms with Crippen LogP contribution in [0.1, 0.15) is 0 Å². The lowest BCUT2D eigenvalue weighted by Gasteiger charge is -2.09. The third-order valence-corrected chi connectivity index (χ3v) is 4.49. The molecule has 1 amide bonds. The Bertz CT molecular complexity index is 835. The number of sulfone groups is 1. The fraction of sp³-hybridized carbons (Fsp3) is 0.278. The molecule has 0 spiro atoms. The molecule has 0 unspecified atom stereocenters. The third kappa shape index (κ3) is 6.47. The van der Waals surface area contributed by atoms with Crippen LogP contribution in [0.25, 0.3) is 0 Å². The van der Waals surface area contributed by atoms with Crippen LogP contribution in [-0.2, 0) is 19.4 Å². The van der Waals surface area contributed by atoms with Crippen molar-refractivity contribution in [2.45, 2.75) is 4.90 Å². The van der Waals surface area contributed by atoms with Gasteiger partial charge in [0.2, 0.25) is 5.91 Å². The lowest BCUT2D eigenvalue weighted by Crippen LogP contribution is -2.30. The average molecular weight is 378 g/mol. The van der Waals surface area contributed by atoms with Crippen LogP contribution < -0.4 is 15.4 Å². The van der Waals surface area contributed by atoms with Crippen molar-refractivity contribution in [2.24, 2.45) is 0 Å². The third-order valence-electron chi connectivity index (χ3n) is 3.38. The van der Waals surface area contributed by atoms with Crippen molar-refractivity contribution in [3.8, 4) is 11.5 Å². The fourth-order valence-corrected chi connectivity index (χ4v) is 2.75. The minimum Gasteiger partial charge on any atom is -0.457 e. The Kier molecular flexibility index (Phi) is 7.14. The molecule has 26 heavy (non-hydrogen) atoms. The number of amides is 1. The van der Waals surface area contributed by atoms with Crippen LogP contribution in [0.15, 0.2) is 53.4 Å². The number of ether oxygens (including phenoxy) is 2. The van der Waals surface area contributed by atoms with Crippen LogP contribution in [0.4, 0.5) is 5.69 Å². The summed E-state index contributed by atoms with van der Waals surface area (Å²) in [6.07, 6.45) is 1.15. The van der Waals surface area contributed by atoms with E-state index in [4.69, 9.17) is 9.47 Å². The zero-order valence-electron chi connectivity index (χ0n) is 14.7. The first-order valence-corrected chi connectivity index (χ1v) is 9.85. The molecule has 0 aliphatic carbocycles. The molecular weight excluding hydrogens is 356 g/mol. The molecule has 140 valence electrons. The molecular formula is C18H22N2O5S. The van der Waals surface area contributed by atoms with E-state index in [0.29, 0.717) is 30.3 Å². The van der Waals surface area contributed by atoms with Gasteiger partial charge in [0.25, 0.3) is 0 Å². The van der Waals surface area contributed by atoms with Gasteiger partial charge in [0.15, 0.2) is 9.84 Å². The van der Waals surface area contributed by atoms with E-state index in [1.807, 2.05) is 0 Å². The number of nitrogens with one attached hydrogen (secondary N) is 2. The highest BCUT2D eigenvalue weighted by Gasteiger charge is 2.08. The van der Waals surface area contributed by atoms with Crippen LogP contribution in [0.3, 0.4) is 0 Å². The number of hydrogen-bond donors (Lipinski definition) is 2. The highest BCUT2D eigenvalue weighted by Crippen LogP contribution is 2.25. The highest BCUT2D eigenvalue weighted by atomic mass is 32.2. The number of benzene rings is 2. The molecule has 0 aromatic heterocycles. The van der Waals surface area contributed by atoms with Gasteiger partial charge in [-0.3, -0.25) is 4.79 Å². The van der Waals surface area contributed by atoms with Crippen LogP contribution in [0.2, 0.25) is 0 Å². The number of anilines is 1. The smallest absolute Gasteiger partial charge is 0.238 e. The lowest BCUT2D eigenvalue weighted by molar-refractivity contribution is -0.115. The molecule has 2 aromatic rings. The van der Waals surface area contributed by atoms with Gasteiger partial charge in [-0.05, 0) is 42.5 Å². The Balaban J connectivity index is 1.92.